The van der Waals surface area contributed by atoms with Crippen LogP contribution in [0.1, 0.15) is 27.2 Å². The number of thiophene rings is 1. The van der Waals surface area contributed by atoms with E-state index in [9.17, 15) is 14.4 Å². The summed E-state index contributed by atoms with van der Waals surface area (Å²) in [4.78, 5) is 39.4. The third kappa shape index (κ3) is 4.06. The summed E-state index contributed by atoms with van der Waals surface area (Å²) in [6.45, 7) is 2.23. The van der Waals surface area contributed by atoms with E-state index < -0.39 is 11.5 Å². The first kappa shape index (κ1) is 18.8. The number of nitrogens with one attached hydrogen (secondary N) is 2. The normalized spacial score (nSPS) is 10.7. The van der Waals surface area contributed by atoms with Crippen molar-refractivity contribution in [1.29, 1.82) is 0 Å². The average molecular weight is 384 g/mol. The number of carbonyl (C=O) groups is 2. The first-order valence-electron chi connectivity index (χ1n) is 8.59. The van der Waals surface area contributed by atoms with E-state index in [1.54, 1.807) is 35.6 Å². The second kappa shape index (κ2) is 8.13. The molecular formula is C19H20N4O3S. The molecule has 8 heteroatoms. The molecule has 0 fully saturated rings. The van der Waals surface area contributed by atoms with Crippen LogP contribution in [0.25, 0.3) is 10.8 Å². The quantitative estimate of drug-likeness (QED) is 0.676. The van der Waals surface area contributed by atoms with Gasteiger partial charge in [-0.3, -0.25) is 14.4 Å². The molecule has 0 radical (unpaired) electrons. The molecule has 2 N–H and O–H groups in total. The summed E-state index contributed by atoms with van der Waals surface area (Å²) in [6, 6.07) is 10.8. The number of nitrogens with zero attached hydrogens (tertiary/aromatic N) is 2. The lowest BCUT2D eigenvalue weighted by atomic mass is 10.1. The molecule has 2 amide bonds. The van der Waals surface area contributed by atoms with Gasteiger partial charge >= 0.3 is 0 Å². The Balaban J connectivity index is 1.83. The number of aryl methyl sites for hydroxylation is 1. The van der Waals surface area contributed by atoms with Gasteiger partial charge < -0.3 is 10.6 Å². The van der Waals surface area contributed by atoms with E-state index in [4.69, 9.17) is 0 Å². The van der Waals surface area contributed by atoms with Crippen molar-refractivity contribution >= 4 is 33.9 Å². The zero-order valence-electron chi connectivity index (χ0n) is 15.1. The van der Waals surface area contributed by atoms with Gasteiger partial charge in [0.05, 0.1) is 11.9 Å². The van der Waals surface area contributed by atoms with Crippen molar-refractivity contribution in [3.63, 3.8) is 0 Å². The van der Waals surface area contributed by atoms with Crippen molar-refractivity contribution in [3.05, 3.63) is 62.2 Å². The van der Waals surface area contributed by atoms with E-state index in [2.05, 4.69) is 22.7 Å². The highest BCUT2D eigenvalue weighted by molar-refractivity contribution is 7.11. The van der Waals surface area contributed by atoms with E-state index in [-0.39, 0.29) is 18.1 Å². The Morgan fingerprint density at radius 2 is 1.81 bits per heavy atom. The van der Waals surface area contributed by atoms with Crippen LogP contribution in [0.2, 0.25) is 0 Å². The Morgan fingerprint density at radius 1 is 1.11 bits per heavy atom. The number of hydrogen-bond acceptors (Lipinski definition) is 5. The minimum absolute atomic E-state index is 0.117. The van der Waals surface area contributed by atoms with Gasteiger partial charge in [-0.25, -0.2) is 4.68 Å². The van der Waals surface area contributed by atoms with Crippen LogP contribution in [0.15, 0.2) is 41.2 Å². The Morgan fingerprint density at radius 3 is 2.48 bits per heavy atom. The first-order chi connectivity index (χ1) is 13.0. The maximum atomic E-state index is 12.6. The fraction of sp³-hybridized carbons (Fsp3) is 0.263. The fourth-order valence-corrected chi connectivity index (χ4v) is 3.61. The predicted molar refractivity (Wildman–Crippen MR) is 105 cm³/mol. The minimum atomic E-state index is -0.411. The van der Waals surface area contributed by atoms with Crippen LogP contribution in [-0.4, -0.2) is 28.6 Å². The zero-order chi connectivity index (χ0) is 19.4. The standard InChI is InChI=1S/C19H20N4O3S/c1-3-12-8-9-13(27-12)10-21-16(24)11-23-19(26)15-7-5-4-6-14(15)17(22-23)18(25)20-2/h4-9H,3,10-11H2,1-2H3,(H,20,25)(H,21,24). The molecule has 0 bridgehead atoms. The number of aromatic nitrogens is 2. The van der Waals surface area contributed by atoms with Crippen molar-refractivity contribution < 1.29 is 9.59 Å². The zero-order valence-corrected chi connectivity index (χ0v) is 15.9. The van der Waals surface area contributed by atoms with Crippen molar-refractivity contribution in [1.82, 2.24) is 20.4 Å². The van der Waals surface area contributed by atoms with Gasteiger partial charge in [-0.2, -0.15) is 5.10 Å². The molecule has 2 aromatic heterocycles. The summed E-state index contributed by atoms with van der Waals surface area (Å²) < 4.78 is 1.04. The molecule has 0 spiro atoms. The van der Waals surface area contributed by atoms with Gasteiger partial charge in [0.2, 0.25) is 5.91 Å². The van der Waals surface area contributed by atoms with E-state index >= 15 is 0 Å². The van der Waals surface area contributed by atoms with E-state index in [0.29, 0.717) is 17.3 Å². The number of carbonyl (C=O) groups excluding carboxylic acids is 2. The van der Waals surface area contributed by atoms with Crippen LogP contribution in [0.5, 0.6) is 0 Å². The lowest BCUT2D eigenvalue weighted by Gasteiger charge is -2.10. The monoisotopic (exact) mass is 384 g/mol. The largest absolute Gasteiger partial charge is 0.354 e. The molecule has 3 rings (SSSR count). The highest BCUT2D eigenvalue weighted by atomic mass is 32.1. The highest BCUT2D eigenvalue weighted by Crippen LogP contribution is 2.16. The Hall–Kier alpha value is -3.00. The van der Waals surface area contributed by atoms with Crippen LogP contribution in [0.4, 0.5) is 0 Å². The van der Waals surface area contributed by atoms with Crippen LogP contribution in [0.3, 0.4) is 0 Å². The van der Waals surface area contributed by atoms with Gasteiger partial charge in [0.25, 0.3) is 11.5 Å². The molecule has 1 aromatic carbocycles. The molecule has 0 aliphatic heterocycles. The van der Waals surface area contributed by atoms with Crippen LogP contribution in [-0.2, 0) is 24.3 Å². The summed E-state index contributed by atoms with van der Waals surface area (Å²) in [5.41, 5.74) is -0.288. The summed E-state index contributed by atoms with van der Waals surface area (Å²) in [5, 5.41) is 10.2. The Labute approximate surface area is 160 Å². The van der Waals surface area contributed by atoms with E-state index in [0.717, 1.165) is 16.0 Å². The number of fused-ring (bicyclic) bond motifs is 1. The SMILES string of the molecule is CCc1ccc(CNC(=O)Cn2nc(C(=O)NC)c3ccccc3c2=O)s1. The third-order valence-electron chi connectivity index (χ3n) is 4.13. The summed E-state index contributed by atoms with van der Waals surface area (Å²) >= 11 is 1.64. The lowest BCUT2D eigenvalue weighted by Crippen LogP contribution is -2.35. The Bertz CT molecular complexity index is 1050. The molecule has 3 aromatic rings. The molecule has 7 nitrogen and oxygen atoms in total. The molecule has 140 valence electrons. The molecular weight excluding hydrogens is 364 g/mol. The van der Waals surface area contributed by atoms with Gasteiger partial charge in [0, 0.05) is 22.2 Å². The molecule has 0 atom stereocenters. The highest BCUT2D eigenvalue weighted by Gasteiger charge is 2.17. The maximum absolute atomic E-state index is 12.6. The van der Waals surface area contributed by atoms with Crippen LogP contribution < -0.4 is 16.2 Å². The van der Waals surface area contributed by atoms with Crippen LogP contribution >= 0.6 is 11.3 Å². The maximum Gasteiger partial charge on any atom is 0.275 e. The van der Waals surface area contributed by atoms with Gasteiger partial charge in [-0.05, 0) is 24.6 Å². The molecule has 0 saturated carbocycles. The molecule has 0 saturated heterocycles. The van der Waals surface area contributed by atoms with Gasteiger partial charge in [-0.15, -0.1) is 11.3 Å². The predicted octanol–water partition coefficient (Wildman–Crippen LogP) is 1.70. The summed E-state index contributed by atoms with van der Waals surface area (Å²) in [5.74, 6) is -0.750. The first-order valence-corrected chi connectivity index (χ1v) is 9.41. The topological polar surface area (TPSA) is 93.1 Å². The van der Waals surface area contributed by atoms with Crippen molar-refractivity contribution in [2.75, 3.05) is 7.05 Å². The lowest BCUT2D eigenvalue weighted by molar-refractivity contribution is -0.122. The number of hydrogen-bond donors (Lipinski definition) is 2. The van der Waals surface area contributed by atoms with Gasteiger partial charge in [0.1, 0.15) is 6.54 Å². The number of benzene rings is 1. The molecule has 0 aliphatic rings. The van der Waals surface area contributed by atoms with E-state index in [1.807, 2.05) is 12.1 Å². The van der Waals surface area contributed by atoms with Crippen molar-refractivity contribution in [2.45, 2.75) is 26.4 Å². The molecule has 0 unspecified atom stereocenters. The molecule has 27 heavy (non-hydrogen) atoms. The van der Waals surface area contributed by atoms with Crippen molar-refractivity contribution in [2.24, 2.45) is 0 Å². The Kier molecular flexibility index (Phi) is 5.66. The second-order valence-corrected chi connectivity index (χ2v) is 7.19. The van der Waals surface area contributed by atoms with Gasteiger partial charge in [-0.1, -0.05) is 25.1 Å². The summed E-state index contributed by atoms with van der Waals surface area (Å²) in [6.07, 6.45) is 0.956. The summed E-state index contributed by atoms with van der Waals surface area (Å²) in [7, 11) is 1.49. The number of amides is 2. The van der Waals surface area contributed by atoms with Gasteiger partial charge in [0.15, 0.2) is 5.69 Å². The van der Waals surface area contributed by atoms with Crippen LogP contribution in [0, 0.1) is 0 Å². The van der Waals surface area contributed by atoms with E-state index in [1.165, 1.54) is 11.9 Å². The number of rotatable bonds is 6. The fourth-order valence-electron chi connectivity index (χ4n) is 2.71. The second-order valence-electron chi connectivity index (χ2n) is 5.93. The smallest absolute Gasteiger partial charge is 0.275 e. The average Bonchev–Trinajstić information content (AvgIpc) is 3.16. The molecule has 2 heterocycles. The van der Waals surface area contributed by atoms with Crippen molar-refractivity contribution in [3.8, 4) is 0 Å². The molecule has 0 aliphatic carbocycles. The third-order valence-corrected chi connectivity index (χ3v) is 5.36. The minimum Gasteiger partial charge on any atom is -0.354 e.